The number of anilines is 3. The molecule has 0 amide bonds. The van der Waals surface area contributed by atoms with Crippen molar-refractivity contribution in [1.29, 1.82) is 0 Å². The van der Waals surface area contributed by atoms with E-state index < -0.39 is 0 Å². The number of ether oxygens (including phenoxy) is 1. The summed E-state index contributed by atoms with van der Waals surface area (Å²) in [6, 6.07) is 7.89. The van der Waals surface area contributed by atoms with Crippen LogP contribution in [0, 0.1) is 12.8 Å². The predicted octanol–water partition coefficient (Wildman–Crippen LogP) is 5.04. The van der Waals surface area contributed by atoms with Crippen LogP contribution in [0.4, 0.5) is 17.5 Å². The van der Waals surface area contributed by atoms with Crippen LogP contribution in [0.2, 0.25) is 0 Å². The van der Waals surface area contributed by atoms with E-state index in [9.17, 15) is 4.79 Å². The highest BCUT2D eigenvalue weighted by atomic mass is 16.5. The van der Waals surface area contributed by atoms with Crippen molar-refractivity contribution in [3.63, 3.8) is 0 Å². The minimum atomic E-state index is 0.0904. The van der Waals surface area contributed by atoms with E-state index >= 15 is 0 Å². The van der Waals surface area contributed by atoms with E-state index in [0.29, 0.717) is 5.95 Å². The summed E-state index contributed by atoms with van der Waals surface area (Å²) in [6.07, 6.45) is 7.48. The second-order valence-electron chi connectivity index (χ2n) is 7.91. The molecule has 1 heterocycles. The molecule has 6 nitrogen and oxygen atoms in total. The van der Waals surface area contributed by atoms with Crippen molar-refractivity contribution >= 4 is 23.2 Å². The van der Waals surface area contributed by atoms with E-state index in [-0.39, 0.29) is 17.7 Å². The summed E-state index contributed by atoms with van der Waals surface area (Å²) >= 11 is 0. The lowest BCUT2D eigenvalue weighted by Gasteiger charge is -2.29. The van der Waals surface area contributed by atoms with Gasteiger partial charge in [-0.2, -0.15) is 4.98 Å². The first-order valence-electron chi connectivity index (χ1n) is 10.1. The molecule has 2 atom stereocenters. The van der Waals surface area contributed by atoms with Crippen molar-refractivity contribution in [3.05, 3.63) is 47.7 Å². The van der Waals surface area contributed by atoms with Gasteiger partial charge in [-0.05, 0) is 58.2 Å². The summed E-state index contributed by atoms with van der Waals surface area (Å²) < 4.78 is 5.26. The monoisotopic (exact) mass is 394 g/mol. The van der Waals surface area contributed by atoms with Gasteiger partial charge in [0, 0.05) is 35.5 Å². The fraction of sp³-hybridized carbons (Fsp3) is 0.435. The third-order valence-electron chi connectivity index (χ3n) is 5.15. The standard InChI is InChI=1S/C23H30N4O2/c1-15(2)11-21(28)17-7-5-8-18(12-17)25-22-16(3)14-24-23(27-22)26-19-9-6-10-20(13-19)29-4/h6,9-11,13-14,17-18H,5,7-8,12H2,1-4H3,(H2,24,25,26,27)/t17-,18+/m0/s1. The van der Waals surface area contributed by atoms with Gasteiger partial charge in [0.05, 0.1) is 7.11 Å². The normalized spacial score (nSPS) is 18.6. The number of carbonyl (C=O) groups is 1. The van der Waals surface area contributed by atoms with Crippen LogP contribution in [-0.2, 0) is 4.79 Å². The molecule has 0 radical (unpaired) electrons. The van der Waals surface area contributed by atoms with Crippen LogP contribution in [0.25, 0.3) is 0 Å². The zero-order valence-electron chi connectivity index (χ0n) is 17.7. The Hall–Kier alpha value is -2.89. The number of nitrogens with one attached hydrogen (secondary N) is 2. The van der Waals surface area contributed by atoms with E-state index in [0.717, 1.165) is 54.1 Å². The fourth-order valence-corrected chi connectivity index (χ4v) is 3.65. The number of allylic oxidation sites excluding steroid dienone is 2. The molecule has 1 aromatic heterocycles. The molecule has 0 spiro atoms. The molecule has 2 aromatic rings. The SMILES string of the molecule is COc1cccc(Nc2ncc(C)c(N[C@@H]3CCC[C@H](C(=O)C=C(C)C)C3)n2)c1. The minimum Gasteiger partial charge on any atom is -0.497 e. The van der Waals surface area contributed by atoms with Crippen molar-refractivity contribution in [2.24, 2.45) is 5.92 Å². The molecule has 1 saturated carbocycles. The van der Waals surface area contributed by atoms with Gasteiger partial charge in [-0.3, -0.25) is 4.79 Å². The molecule has 0 unspecified atom stereocenters. The molecule has 1 fully saturated rings. The molecule has 0 aliphatic heterocycles. The first-order valence-corrected chi connectivity index (χ1v) is 10.1. The van der Waals surface area contributed by atoms with Crippen LogP contribution in [0.1, 0.15) is 45.1 Å². The topological polar surface area (TPSA) is 76.1 Å². The number of hydrogen-bond donors (Lipinski definition) is 2. The number of nitrogens with zero attached hydrogens (tertiary/aromatic N) is 2. The van der Waals surface area contributed by atoms with E-state index in [1.165, 1.54) is 0 Å². The number of benzene rings is 1. The fourth-order valence-electron chi connectivity index (χ4n) is 3.65. The first-order chi connectivity index (χ1) is 13.9. The van der Waals surface area contributed by atoms with Crippen LogP contribution >= 0.6 is 0 Å². The van der Waals surface area contributed by atoms with Crippen LogP contribution in [0.3, 0.4) is 0 Å². The summed E-state index contributed by atoms with van der Waals surface area (Å²) in [6.45, 7) is 5.93. The molecule has 1 aliphatic rings. The molecule has 3 rings (SSSR count). The summed E-state index contributed by atoms with van der Waals surface area (Å²) in [5, 5.41) is 6.78. The van der Waals surface area contributed by atoms with Crippen LogP contribution < -0.4 is 15.4 Å². The van der Waals surface area contributed by atoms with Gasteiger partial charge in [0.25, 0.3) is 0 Å². The van der Waals surface area contributed by atoms with E-state index in [4.69, 9.17) is 4.74 Å². The number of hydrogen-bond acceptors (Lipinski definition) is 6. The highest BCUT2D eigenvalue weighted by Gasteiger charge is 2.26. The van der Waals surface area contributed by atoms with Crippen LogP contribution in [0.5, 0.6) is 5.75 Å². The van der Waals surface area contributed by atoms with E-state index in [1.807, 2.05) is 51.2 Å². The van der Waals surface area contributed by atoms with Crippen molar-refractivity contribution in [3.8, 4) is 5.75 Å². The maximum absolute atomic E-state index is 12.4. The Kier molecular flexibility index (Phi) is 6.86. The second kappa shape index (κ2) is 9.54. The lowest BCUT2D eigenvalue weighted by Crippen LogP contribution is -2.31. The Balaban J connectivity index is 1.69. The van der Waals surface area contributed by atoms with Gasteiger partial charge in [0.15, 0.2) is 5.78 Å². The molecule has 6 heteroatoms. The minimum absolute atomic E-state index is 0.0904. The van der Waals surface area contributed by atoms with Gasteiger partial charge < -0.3 is 15.4 Å². The molecule has 29 heavy (non-hydrogen) atoms. The molecule has 1 aromatic carbocycles. The summed E-state index contributed by atoms with van der Waals surface area (Å²) in [7, 11) is 1.64. The van der Waals surface area contributed by atoms with Crippen molar-refractivity contribution in [2.45, 2.75) is 52.5 Å². The molecule has 2 N–H and O–H groups in total. The summed E-state index contributed by atoms with van der Waals surface area (Å²) in [5.74, 6) is 2.45. The first kappa shape index (κ1) is 20.8. The number of aromatic nitrogens is 2. The zero-order chi connectivity index (χ0) is 20.8. The highest BCUT2D eigenvalue weighted by Crippen LogP contribution is 2.29. The third kappa shape index (κ3) is 5.79. The van der Waals surface area contributed by atoms with Gasteiger partial charge >= 0.3 is 0 Å². The van der Waals surface area contributed by atoms with Crippen LogP contribution in [0.15, 0.2) is 42.1 Å². The molecular formula is C23H30N4O2. The average molecular weight is 395 g/mol. The Bertz CT molecular complexity index is 890. The Morgan fingerprint density at radius 3 is 2.86 bits per heavy atom. The lowest BCUT2D eigenvalue weighted by atomic mass is 9.82. The van der Waals surface area contributed by atoms with Gasteiger partial charge in [-0.25, -0.2) is 4.98 Å². The third-order valence-corrected chi connectivity index (χ3v) is 5.15. The van der Waals surface area contributed by atoms with Crippen molar-refractivity contribution < 1.29 is 9.53 Å². The van der Waals surface area contributed by atoms with E-state index in [2.05, 4.69) is 20.6 Å². The quantitative estimate of drug-likeness (QED) is 0.641. The Morgan fingerprint density at radius 2 is 2.10 bits per heavy atom. The molecule has 0 saturated heterocycles. The van der Waals surface area contributed by atoms with Gasteiger partial charge in [-0.15, -0.1) is 0 Å². The maximum Gasteiger partial charge on any atom is 0.229 e. The number of carbonyl (C=O) groups excluding carboxylic acids is 1. The van der Waals surface area contributed by atoms with Gasteiger partial charge in [0.2, 0.25) is 5.95 Å². The van der Waals surface area contributed by atoms with Crippen LogP contribution in [-0.4, -0.2) is 28.9 Å². The van der Waals surface area contributed by atoms with Gasteiger partial charge in [0.1, 0.15) is 11.6 Å². The highest BCUT2D eigenvalue weighted by molar-refractivity contribution is 5.92. The predicted molar refractivity (Wildman–Crippen MR) is 117 cm³/mol. The number of methoxy groups -OCH3 is 1. The lowest BCUT2D eigenvalue weighted by molar-refractivity contribution is -0.119. The summed E-state index contributed by atoms with van der Waals surface area (Å²) in [4.78, 5) is 21.5. The number of aryl methyl sites for hydroxylation is 1. The molecule has 1 aliphatic carbocycles. The Labute approximate surface area is 172 Å². The number of rotatable bonds is 7. The summed E-state index contributed by atoms with van der Waals surface area (Å²) in [5.41, 5.74) is 2.91. The second-order valence-corrected chi connectivity index (χ2v) is 7.91. The largest absolute Gasteiger partial charge is 0.497 e. The molecule has 0 bridgehead atoms. The zero-order valence-corrected chi connectivity index (χ0v) is 17.7. The maximum atomic E-state index is 12.4. The number of ketones is 1. The van der Waals surface area contributed by atoms with Crippen molar-refractivity contribution in [2.75, 3.05) is 17.7 Å². The molecule has 154 valence electrons. The Morgan fingerprint density at radius 1 is 1.28 bits per heavy atom. The van der Waals surface area contributed by atoms with E-state index in [1.54, 1.807) is 13.2 Å². The van der Waals surface area contributed by atoms with Crippen molar-refractivity contribution in [1.82, 2.24) is 9.97 Å². The average Bonchev–Trinajstić information content (AvgIpc) is 2.70. The van der Waals surface area contributed by atoms with Gasteiger partial charge in [-0.1, -0.05) is 18.1 Å². The molecular weight excluding hydrogens is 364 g/mol. The smallest absolute Gasteiger partial charge is 0.229 e.